The number of nitro benzene ring substituents is 2. The van der Waals surface area contributed by atoms with E-state index in [1.807, 2.05) is 0 Å². The molecule has 1 aromatic rings. The fraction of sp³-hybridized carbons (Fsp3) is 0.533. The van der Waals surface area contributed by atoms with Crippen molar-refractivity contribution in [1.82, 2.24) is 0 Å². The summed E-state index contributed by atoms with van der Waals surface area (Å²) >= 11 is 0. The Kier molecular flexibility index (Phi) is 5.13. The number of benzene rings is 1. The molecule has 0 aromatic heterocycles. The van der Waals surface area contributed by atoms with Crippen LogP contribution in [0, 0.1) is 20.2 Å². The monoisotopic (exact) mass is 337 g/mol. The molecule has 1 aliphatic carbocycles. The summed E-state index contributed by atoms with van der Waals surface area (Å²) < 4.78 is 5.33. The number of non-ortho nitro benzene ring substituents is 1. The van der Waals surface area contributed by atoms with Crippen molar-refractivity contribution in [1.29, 1.82) is 0 Å². The van der Waals surface area contributed by atoms with Gasteiger partial charge in [0.05, 0.1) is 21.5 Å². The van der Waals surface area contributed by atoms with Gasteiger partial charge in [-0.3, -0.25) is 25.0 Å². The van der Waals surface area contributed by atoms with Crippen molar-refractivity contribution in [2.75, 3.05) is 0 Å². The number of hydrogen-bond donors (Lipinski definition) is 1. The average Bonchev–Trinajstić information content (AvgIpc) is 2.54. The van der Waals surface area contributed by atoms with Gasteiger partial charge in [-0.15, -0.1) is 0 Å². The van der Waals surface area contributed by atoms with Crippen LogP contribution in [-0.4, -0.2) is 21.4 Å². The lowest BCUT2D eigenvalue weighted by Crippen LogP contribution is -2.50. The molecule has 0 radical (unpaired) electrons. The molecule has 2 N–H and O–H groups in total. The standard InChI is InChI=1S/C15H19N3O6/c1-10(24-14(19)15(16)7-3-2-4-8-15)12-6-5-11(17(20)21)9-13(12)18(22)23/h5-6,9-10H,2-4,7-8,16H2,1H3. The van der Waals surface area contributed by atoms with Crippen LogP contribution in [0.2, 0.25) is 0 Å². The molecule has 0 amide bonds. The largest absolute Gasteiger partial charge is 0.456 e. The summed E-state index contributed by atoms with van der Waals surface area (Å²) in [6.45, 7) is 1.48. The van der Waals surface area contributed by atoms with Crippen LogP contribution >= 0.6 is 0 Å². The molecule has 1 unspecified atom stereocenters. The number of esters is 1. The molecular weight excluding hydrogens is 318 g/mol. The molecule has 0 spiro atoms. The fourth-order valence-electron chi connectivity index (χ4n) is 2.88. The average molecular weight is 337 g/mol. The van der Waals surface area contributed by atoms with Crippen LogP contribution in [0.1, 0.15) is 50.7 Å². The Hall–Kier alpha value is -2.55. The number of nitro groups is 2. The van der Waals surface area contributed by atoms with Crippen LogP contribution in [-0.2, 0) is 9.53 Å². The molecular formula is C15H19N3O6. The highest BCUT2D eigenvalue weighted by Gasteiger charge is 2.38. The molecule has 9 nitrogen and oxygen atoms in total. The predicted octanol–water partition coefficient (Wildman–Crippen LogP) is 2.77. The molecule has 0 heterocycles. The lowest BCUT2D eigenvalue weighted by atomic mass is 9.82. The Balaban J connectivity index is 2.22. The maximum Gasteiger partial charge on any atom is 0.326 e. The minimum absolute atomic E-state index is 0.0957. The molecule has 0 saturated heterocycles. The Morgan fingerprint density at radius 1 is 1.21 bits per heavy atom. The van der Waals surface area contributed by atoms with E-state index < -0.39 is 38.8 Å². The van der Waals surface area contributed by atoms with Gasteiger partial charge in [0.15, 0.2) is 0 Å². The highest BCUT2D eigenvalue weighted by molar-refractivity contribution is 5.81. The number of ether oxygens (including phenoxy) is 1. The summed E-state index contributed by atoms with van der Waals surface area (Å²) in [6.07, 6.45) is 2.77. The second kappa shape index (κ2) is 6.91. The highest BCUT2D eigenvalue weighted by Crippen LogP contribution is 2.33. The zero-order valence-electron chi connectivity index (χ0n) is 13.3. The first kappa shape index (κ1) is 17.8. The molecule has 1 saturated carbocycles. The normalized spacial score (nSPS) is 17.8. The van der Waals surface area contributed by atoms with E-state index in [0.29, 0.717) is 12.8 Å². The van der Waals surface area contributed by atoms with Gasteiger partial charge in [0.2, 0.25) is 0 Å². The maximum atomic E-state index is 12.3. The molecule has 2 rings (SSSR count). The number of rotatable bonds is 5. The van der Waals surface area contributed by atoms with Crippen molar-refractivity contribution in [2.24, 2.45) is 5.73 Å². The molecule has 130 valence electrons. The number of carbonyl (C=O) groups is 1. The molecule has 1 fully saturated rings. The van der Waals surface area contributed by atoms with Gasteiger partial charge < -0.3 is 10.5 Å². The lowest BCUT2D eigenvalue weighted by molar-refractivity contribution is -0.394. The lowest BCUT2D eigenvalue weighted by Gasteiger charge is -2.31. The van der Waals surface area contributed by atoms with Crippen molar-refractivity contribution in [3.05, 3.63) is 44.0 Å². The van der Waals surface area contributed by atoms with Gasteiger partial charge in [-0.25, -0.2) is 0 Å². The van der Waals surface area contributed by atoms with Crippen LogP contribution in [0.3, 0.4) is 0 Å². The van der Waals surface area contributed by atoms with Crippen LogP contribution in [0.25, 0.3) is 0 Å². The summed E-state index contributed by atoms with van der Waals surface area (Å²) in [5.74, 6) is -0.595. The van der Waals surface area contributed by atoms with E-state index in [0.717, 1.165) is 31.4 Å². The first-order valence-corrected chi connectivity index (χ1v) is 7.67. The van der Waals surface area contributed by atoms with Crippen LogP contribution in [0.15, 0.2) is 18.2 Å². The number of nitrogens with two attached hydrogens (primary N) is 1. The first-order valence-electron chi connectivity index (χ1n) is 7.67. The smallest absolute Gasteiger partial charge is 0.326 e. The molecule has 1 aromatic carbocycles. The topological polar surface area (TPSA) is 139 Å². The Morgan fingerprint density at radius 2 is 1.83 bits per heavy atom. The predicted molar refractivity (Wildman–Crippen MR) is 84.3 cm³/mol. The van der Waals surface area contributed by atoms with Crippen molar-refractivity contribution in [3.63, 3.8) is 0 Å². The molecule has 1 atom stereocenters. The van der Waals surface area contributed by atoms with Gasteiger partial charge in [0.25, 0.3) is 11.4 Å². The summed E-state index contributed by atoms with van der Waals surface area (Å²) in [4.78, 5) is 32.8. The second-order valence-electron chi connectivity index (χ2n) is 6.02. The number of nitrogens with zero attached hydrogens (tertiary/aromatic N) is 2. The zero-order valence-corrected chi connectivity index (χ0v) is 13.3. The van der Waals surface area contributed by atoms with E-state index in [1.54, 1.807) is 0 Å². The first-order chi connectivity index (χ1) is 11.2. The Bertz CT molecular complexity index is 669. The van der Waals surface area contributed by atoms with Crippen molar-refractivity contribution >= 4 is 17.3 Å². The minimum Gasteiger partial charge on any atom is -0.456 e. The van der Waals surface area contributed by atoms with E-state index >= 15 is 0 Å². The van der Waals surface area contributed by atoms with Crippen molar-refractivity contribution < 1.29 is 19.4 Å². The number of carbonyl (C=O) groups excluding carboxylic acids is 1. The van der Waals surface area contributed by atoms with E-state index in [-0.39, 0.29) is 5.56 Å². The fourth-order valence-corrected chi connectivity index (χ4v) is 2.88. The SMILES string of the molecule is CC(OC(=O)C1(N)CCCCC1)c1ccc([N+](=O)[O-])cc1[N+](=O)[O-]. The van der Waals surface area contributed by atoms with Gasteiger partial charge >= 0.3 is 5.97 Å². The van der Waals surface area contributed by atoms with E-state index in [1.165, 1.54) is 13.0 Å². The maximum absolute atomic E-state index is 12.3. The molecule has 1 aliphatic rings. The third kappa shape index (κ3) is 3.67. The summed E-state index contributed by atoms with van der Waals surface area (Å²) in [5.41, 5.74) is 4.27. The van der Waals surface area contributed by atoms with Crippen molar-refractivity contribution in [3.8, 4) is 0 Å². The highest BCUT2D eigenvalue weighted by atomic mass is 16.6. The third-order valence-electron chi connectivity index (χ3n) is 4.30. The Morgan fingerprint density at radius 3 is 2.38 bits per heavy atom. The van der Waals surface area contributed by atoms with Crippen LogP contribution in [0.4, 0.5) is 11.4 Å². The molecule has 24 heavy (non-hydrogen) atoms. The Labute approximate surface area is 138 Å². The third-order valence-corrected chi connectivity index (χ3v) is 4.30. The molecule has 0 aliphatic heterocycles. The molecule has 9 heteroatoms. The van der Waals surface area contributed by atoms with Gasteiger partial charge in [0.1, 0.15) is 11.6 Å². The van der Waals surface area contributed by atoms with Gasteiger partial charge in [-0.05, 0) is 25.8 Å². The summed E-state index contributed by atoms with van der Waals surface area (Å²) in [7, 11) is 0. The number of hydrogen-bond acceptors (Lipinski definition) is 7. The second-order valence-corrected chi connectivity index (χ2v) is 6.02. The van der Waals surface area contributed by atoms with Crippen LogP contribution in [0.5, 0.6) is 0 Å². The van der Waals surface area contributed by atoms with E-state index in [4.69, 9.17) is 10.5 Å². The van der Waals surface area contributed by atoms with Crippen molar-refractivity contribution in [2.45, 2.75) is 50.7 Å². The quantitative estimate of drug-likeness (QED) is 0.495. The van der Waals surface area contributed by atoms with Gasteiger partial charge in [-0.2, -0.15) is 0 Å². The zero-order chi connectivity index (χ0) is 17.9. The summed E-state index contributed by atoms with van der Waals surface area (Å²) in [6, 6.07) is 3.24. The van der Waals surface area contributed by atoms with E-state index in [9.17, 15) is 25.0 Å². The van der Waals surface area contributed by atoms with E-state index in [2.05, 4.69) is 0 Å². The van der Waals surface area contributed by atoms with Gasteiger partial charge in [-0.1, -0.05) is 19.3 Å². The van der Waals surface area contributed by atoms with Gasteiger partial charge in [0, 0.05) is 6.07 Å². The summed E-state index contributed by atoms with van der Waals surface area (Å²) in [5, 5.41) is 21.9. The van der Waals surface area contributed by atoms with Crippen LogP contribution < -0.4 is 5.73 Å². The minimum atomic E-state index is -1.07. The molecule has 0 bridgehead atoms.